The van der Waals surface area contributed by atoms with Crippen LogP contribution >= 0.6 is 35.2 Å². The van der Waals surface area contributed by atoms with Crippen LogP contribution < -0.4 is 0 Å². The molecule has 0 bridgehead atoms. The predicted molar refractivity (Wildman–Crippen MR) is 67.3 cm³/mol. The lowest BCUT2D eigenvalue weighted by Gasteiger charge is -2.37. The highest BCUT2D eigenvalue weighted by atomic mass is 35.5. The molecule has 0 aromatic heterocycles. The summed E-state index contributed by atoms with van der Waals surface area (Å²) in [5, 5.41) is 0. The summed E-state index contributed by atoms with van der Waals surface area (Å²) in [5.74, 6) is 0.646. The summed E-state index contributed by atoms with van der Waals surface area (Å²) in [6, 6.07) is 9.67. The van der Waals surface area contributed by atoms with E-state index in [0.29, 0.717) is 5.84 Å². The molecule has 0 amide bonds. The molecule has 0 aliphatic carbocycles. The van der Waals surface area contributed by atoms with Crippen molar-refractivity contribution in [3.63, 3.8) is 0 Å². The van der Waals surface area contributed by atoms with E-state index in [1.165, 1.54) is 8.84 Å². The zero-order valence-electron chi connectivity index (χ0n) is 8.52. The van der Waals surface area contributed by atoms with Crippen molar-refractivity contribution in [3.8, 4) is 0 Å². The Morgan fingerprint density at radius 1 is 1.19 bits per heavy atom. The van der Waals surface area contributed by atoms with E-state index in [9.17, 15) is 0 Å². The molecule has 1 aliphatic rings. The van der Waals surface area contributed by atoms with Crippen LogP contribution in [0.4, 0.5) is 0 Å². The SMILES string of the molecule is CC1=NC(Cl)N(Cl)C(c2ccccc2)N1Cl. The van der Waals surface area contributed by atoms with Gasteiger partial charge in [-0.1, -0.05) is 41.9 Å². The van der Waals surface area contributed by atoms with Crippen molar-refractivity contribution >= 4 is 41.0 Å². The molecule has 1 aromatic rings. The molecule has 2 rings (SSSR count). The van der Waals surface area contributed by atoms with Gasteiger partial charge >= 0.3 is 0 Å². The molecule has 6 heteroatoms. The minimum Gasteiger partial charge on any atom is -0.250 e. The molecule has 3 nitrogen and oxygen atoms in total. The van der Waals surface area contributed by atoms with Crippen LogP contribution in [0.3, 0.4) is 0 Å². The van der Waals surface area contributed by atoms with Gasteiger partial charge in [0.25, 0.3) is 0 Å². The second-order valence-electron chi connectivity index (χ2n) is 3.43. The van der Waals surface area contributed by atoms with Gasteiger partial charge in [-0.05, 0) is 24.3 Å². The average molecular weight is 279 g/mol. The number of alkyl halides is 1. The lowest BCUT2D eigenvalue weighted by atomic mass is 10.1. The zero-order valence-corrected chi connectivity index (χ0v) is 10.8. The van der Waals surface area contributed by atoms with Gasteiger partial charge in [0.15, 0.2) is 5.62 Å². The molecule has 1 aliphatic heterocycles. The van der Waals surface area contributed by atoms with Gasteiger partial charge in [0.1, 0.15) is 12.0 Å². The fourth-order valence-electron chi connectivity index (χ4n) is 1.55. The molecule has 0 radical (unpaired) electrons. The molecule has 2 atom stereocenters. The quantitative estimate of drug-likeness (QED) is 0.444. The first kappa shape index (κ1) is 12.0. The molecule has 0 fully saturated rings. The smallest absolute Gasteiger partial charge is 0.195 e. The summed E-state index contributed by atoms with van der Waals surface area (Å²) in [4.78, 5) is 4.09. The summed E-state index contributed by atoms with van der Waals surface area (Å²) >= 11 is 18.2. The first-order valence-electron chi connectivity index (χ1n) is 4.74. The number of halogens is 3. The molecule has 86 valence electrons. The summed E-state index contributed by atoms with van der Waals surface area (Å²) in [6.07, 6.45) is -0.315. The first-order chi connectivity index (χ1) is 7.61. The maximum absolute atomic E-state index is 6.15. The number of hydrogen-bond donors (Lipinski definition) is 0. The fourth-order valence-corrected chi connectivity index (χ4v) is 2.34. The Bertz CT molecular complexity index is 396. The molecule has 1 aromatic carbocycles. The molecule has 1 heterocycles. The number of nitrogens with zero attached hydrogens (tertiary/aromatic N) is 3. The third kappa shape index (κ3) is 2.13. The van der Waals surface area contributed by atoms with E-state index in [4.69, 9.17) is 35.2 Å². The highest BCUT2D eigenvalue weighted by Gasteiger charge is 2.34. The summed E-state index contributed by atoms with van der Waals surface area (Å²) < 4.78 is 2.86. The van der Waals surface area contributed by atoms with Crippen LogP contribution in [-0.2, 0) is 0 Å². The van der Waals surface area contributed by atoms with Crippen LogP contribution in [0.25, 0.3) is 0 Å². The van der Waals surface area contributed by atoms with Crippen LogP contribution in [0, 0.1) is 0 Å². The second kappa shape index (κ2) is 4.80. The average Bonchev–Trinajstić information content (AvgIpc) is 2.28. The van der Waals surface area contributed by atoms with Gasteiger partial charge in [-0.3, -0.25) is 0 Å². The van der Waals surface area contributed by atoms with E-state index in [1.807, 2.05) is 30.3 Å². The number of hydrogen-bond acceptors (Lipinski definition) is 3. The number of rotatable bonds is 1. The topological polar surface area (TPSA) is 18.8 Å². The van der Waals surface area contributed by atoms with E-state index in [0.717, 1.165) is 5.56 Å². The monoisotopic (exact) mass is 277 g/mol. The highest BCUT2D eigenvalue weighted by molar-refractivity contribution is 6.28. The standard InChI is InChI=1S/C10H10Cl3N3/c1-7-14-10(11)16(13)9(15(7)12)8-5-3-2-4-6-8/h2-6,9-10H,1H3. The third-order valence-electron chi connectivity index (χ3n) is 2.35. The van der Waals surface area contributed by atoms with Crippen LogP contribution in [0.2, 0.25) is 0 Å². The summed E-state index contributed by atoms with van der Waals surface area (Å²) in [6.45, 7) is 1.79. The first-order valence-corrected chi connectivity index (χ1v) is 5.85. The largest absolute Gasteiger partial charge is 0.250 e. The van der Waals surface area contributed by atoms with Gasteiger partial charge in [0, 0.05) is 11.8 Å². The van der Waals surface area contributed by atoms with Crippen LogP contribution in [0.1, 0.15) is 18.7 Å². The molecule has 2 unspecified atom stereocenters. The molecule has 0 N–H and O–H groups in total. The Kier molecular flexibility index (Phi) is 3.60. The number of benzene rings is 1. The lowest BCUT2D eigenvalue weighted by molar-refractivity contribution is 0.217. The van der Waals surface area contributed by atoms with Gasteiger partial charge in [-0.25, -0.2) is 9.41 Å². The molecule has 16 heavy (non-hydrogen) atoms. The van der Waals surface area contributed by atoms with Gasteiger partial charge in [0.2, 0.25) is 0 Å². The van der Waals surface area contributed by atoms with Crippen LogP contribution in [-0.4, -0.2) is 20.3 Å². The zero-order chi connectivity index (χ0) is 11.7. The van der Waals surface area contributed by atoms with Crippen molar-refractivity contribution in [1.29, 1.82) is 0 Å². The van der Waals surface area contributed by atoms with E-state index in [1.54, 1.807) is 6.92 Å². The molecular formula is C10H10Cl3N3. The summed E-state index contributed by atoms with van der Waals surface area (Å²) in [7, 11) is 0. The Morgan fingerprint density at radius 2 is 1.81 bits per heavy atom. The maximum Gasteiger partial charge on any atom is 0.195 e. The Hall–Kier alpha value is -0.480. The van der Waals surface area contributed by atoms with E-state index in [-0.39, 0.29) is 6.17 Å². The minimum absolute atomic E-state index is 0.315. The van der Waals surface area contributed by atoms with Crippen molar-refractivity contribution in [2.45, 2.75) is 18.7 Å². The van der Waals surface area contributed by atoms with Crippen molar-refractivity contribution in [2.75, 3.05) is 0 Å². The third-order valence-corrected chi connectivity index (χ3v) is 3.56. The van der Waals surface area contributed by atoms with E-state index < -0.39 is 5.62 Å². The van der Waals surface area contributed by atoms with Crippen molar-refractivity contribution in [3.05, 3.63) is 35.9 Å². The Labute approximate surface area is 109 Å². The van der Waals surface area contributed by atoms with Crippen LogP contribution in [0.15, 0.2) is 35.3 Å². The highest BCUT2D eigenvalue weighted by Crippen LogP contribution is 2.35. The molecule has 0 saturated carbocycles. The van der Waals surface area contributed by atoms with E-state index in [2.05, 4.69) is 4.99 Å². The van der Waals surface area contributed by atoms with Crippen molar-refractivity contribution in [1.82, 2.24) is 8.84 Å². The normalized spacial score (nSPS) is 26.8. The maximum atomic E-state index is 6.15. The lowest BCUT2D eigenvalue weighted by Crippen LogP contribution is -2.42. The van der Waals surface area contributed by atoms with Crippen LogP contribution in [0.5, 0.6) is 0 Å². The Morgan fingerprint density at radius 3 is 2.44 bits per heavy atom. The van der Waals surface area contributed by atoms with Gasteiger partial charge < -0.3 is 0 Å². The fraction of sp³-hybridized carbons (Fsp3) is 0.300. The predicted octanol–water partition coefficient (Wildman–Crippen LogP) is 3.55. The van der Waals surface area contributed by atoms with E-state index >= 15 is 0 Å². The number of aliphatic imine (C=N–C) groups is 1. The van der Waals surface area contributed by atoms with Gasteiger partial charge in [0.05, 0.1) is 0 Å². The minimum atomic E-state index is -0.609. The van der Waals surface area contributed by atoms with Crippen molar-refractivity contribution < 1.29 is 0 Å². The molecule has 0 saturated heterocycles. The Balaban J connectivity index is 2.37. The number of amidine groups is 1. The summed E-state index contributed by atoms with van der Waals surface area (Å²) in [5.41, 5.74) is 0.356. The van der Waals surface area contributed by atoms with Gasteiger partial charge in [-0.2, -0.15) is 4.42 Å². The van der Waals surface area contributed by atoms with Gasteiger partial charge in [-0.15, -0.1) is 0 Å². The second-order valence-corrected chi connectivity index (χ2v) is 4.57. The molecule has 0 spiro atoms. The molecular weight excluding hydrogens is 268 g/mol. The van der Waals surface area contributed by atoms with Crippen molar-refractivity contribution in [2.24, 2.45) is 4.99 Å².